The van der Waals surface area contributed by atoms with Gasteiger partial charge in [0.25, 0.3) is 5.56 Å². The van der Waals surface area contributed by atoms with E-state index in [-0.39, 0.29) is 17.3 Å². The summed E-state index contributed by atoms with van der Waals surface area (Å²) >= 11 is 1.56. The van der Waals surface area contributed by atoms with Crippen molar-refractivity contribution in [2.75, 3.05) is 26.8 Å². The number of fused-ring (bicyclic) bond motifs is 1. The van der Waals surface area contributed by atoms with Crippen LogP contribution in [0.15, 0.2) is 40.5 Å². The van der Waals surface area contributed by atoms with E-state index < -0.39 is 0 Å². The molecule has 3 aromatic rings. The van der Waals surface area contributed by atoms with Gasteiger partial charge < -0.3 is 9.47 Å². The minimum Gasteiger partial charge on any atom is -0.494 e. The quantitative estimate of drug-likeness (QED) is 0.464. The maximum Gasteiger partial charge on any atom is 0.275 e. The number of thiophene rings is 1. The van der Waals surface area contributed by atoms with Gasteiger partial charge in [-0.05, 0) is 75.7 Å². The van der Waals surface area contributed by atoms with E-state index in [1.165, 1.54) is 6.42 Å². The summed E-state index contributed by atoms with van der Waals surface area (Å²) in [6.45, 7) is 8.85. The Hall–Kier alpha value is -2.22. The number of hydrogen-bond donors (Lipinski definition) is 0. The molecular weight excluding hydrogens is 410 g/mol. The molecule has 1 aliphatic rings. The van der Waals surface area contributed by atoms with E-state index in [1.54, 1.807) is 23.1 Å². The van der Waals surface area contributed by atoms with Gasteiger partial charge in [-0.25, -0.2) is 4.68 Å². The second kappa shape index (κ2) is 9.10. The smallest absolute Gasteiger partial charge is 0.275 e. The second-order valence-corrected chi connectivity index (χ2v) is 9.47. The average Bonchev–Trinajstić information content (AvgIpc) is 3.40. The fourth-order valence-electron chi connectivity index (χ4n) is 4.25. The lowest BCUT2D eigenvalue weighted by atomic mass is 10.1. The molecule has 31 heavy (non-hydrogen) atoms. The molecule has 4 rings (SSSR count). The van der Waals surface area contributed by atoms with Crippen LogP contribution in [0.4, 0.5) is 0 Å². The van der Waals surface area contributed by atoms with E-state index >= 15 is 0 Å². The number of benzene rings is 1. The van der Waals surface area contributed by atoms with Crippen molar-refractivity contribution < 1.29 is 9.47 Å². The van der Waals surface area contributed by atoms with Crippen molar-refractivity contribution in [1.29, 1.82) is 0 Å². The summed E-state index contributed by atoms with van der Waals surface area (Å²) in [6.07, 6.45) is 3.22. The third-order valence-electron chi connectivity index (χ3n) is 6.16. The summed E-state index contributed by atoms with van der Waals surface area (Å²) < 4.78 is 14.2. The van der Waals surface area contributed by atoms with Gasteiger partial charge >= 0.3 is 0 Å². The summed E-state index contributed by atoms with van der Waals surface area (Å²) in [5.74, 6) is 0.847. The lowest BCUT2D eigenvalue weighted by Crippen LogP contribution is -2.43. The first-order chi connectivity index (χ1) is 14.9. The highest BCUT2D eigenvalue weighted by Gasteiger charge is 2.35. The standard InChI is InChI=1S/C24H31N3O3S/c1-17(2)27-23(28)20-11-16-31-22(20)21(25-27)18-7-9-19(10-8-18)30-15-6-14-26-13-5-12-24(26,3)29-4/h7-11,16-17H,5-6,12-15H2,1-4H3. The summed E-state index contributed by atoms with van der Waals surface area (Å²) in [5.41, 5.74) is 1.67. The van der Waals surface area contributed by atoms with Crippen molar-refractivity contribution in [3.05, 3.63) is 46.1 Å². The minimum atomic E-state index is -0.131. The molecule has 0 radical (unpaired) electrons. The van der Waals surface area contributed by atoms with Crippen LogP contribution in [-0.4, -0.2) is 47.2 Å². The van der Waals surface area contributed by atoms with Crippen molar-refractivity contribution in [1.82, 2.24) is 14.7 Å². The van der Waals surface area contributed by atoms with Crippen molar-refractivity contribution in [3.8, 4) is 17.0 Å². The van der Waals surface area contributed by atoms with Gasteiger partial charge in [0.15, 0.2) is 0 Å². The van der Waals surface area contributed by atoms with E-state index in [1.807, 2.05) is 49.6 Å². The van der Waals surface area contributed by atoms with Crippen molar-refractivity contribution >= 4 is 21.4 Å². The minimum absolute atomic E-state index is 0.00808. The van der Waals surface area contributed by atoms with Crippen molar-refractivity contribution in [3.63, 3.8) is 0 Å². The SMILES string of the molecule is COC1(C)CCCN1CCCOc1ccc(-c2nn(C(C)C)c(=O)c3ccsc23)cc1. The third-order valence-corrected chi connectivity index (χ3v) is 7.08. The molecular formula is C24H31N3O3S. The third kappa shape index (κ3) is 4.40. The maximum absolute atomic E-state index is 12.6. The van der Waals surface area contributed by atoms with Gasteiger partial charge in [0.05, 0.1) is 22.7 Å². The monoisotopic (exact) mass is 441 g/mol. The number of aromatic nitrogens is 2. The van der Waals surface area contributed by atoms with Gasteiger partial charge in [-0.15, -0.1) is 11.3 Å². The van der Waals surface area contributed by atoms with Gasteiger partial charge in [0.1, 0.15) is 17.2 Å². The van der Waals surface area contributed by atoms with Crippen molar-refractivity contribution in [2.45, 2.75) is 51.8 Å². The summed E-state index contributed by atoms with van der Waals surface area (Å²) in [7, 11) is 1.79. The molecule has 0 spiro atoms. The lowest BCUT2D eigenvalue weighted by Gasteiger charge is -2.33. The Labute approximate surface area is 187 Å². The Bertz CT molecular complexity index is 1090. The molecule has 3 heterocycles. The molecule has 1 atom stereocenters. The molecule has 1 fully saturated rings. The summed E-state index contributed by atoms with van der Waals surface area (Å²) in [6, 6.07) is 9.91. The van der Waals surface area contributed by atoms with Crippen LogP contribution >= 0.6 is 11.3 Å². The fraction of sp³-hybridized carbons (Fsp3) is 0.500. The number of ether oxygens (including phenoxy) is 2. The summed E-state index contributed by atoms with van der Waals surface area (Å²) in [4.78, 5) is 15.0. The largest absolute Gasteiger partial charge is 0.494 e. The van der Waals surface area contributed by atoms with Gasteiger partial charge in [-0.1, -0.05) is 0 Å². The number of methoxy groups -OCH3 is 1. The zero-order valence-corrected chi connectivity index (χ0v) is 19.6. The zero-order chi connectivity index (χ0) is 22.0. The topological polar surface area (TPSA) is 56.6 Å². The molecule has 0 bridgehead atoms. The normalized spacial score (nSPS) is 19.5. The Morgan fingerprint density at radius 3 is 2.71 bits per heavy atom. The Balaban J connectivity index is 1.43. The Morgan fingerprint density at radius 2 is 2.00 bits per heavy atom. The second-order valence-electron chi connectivity index (χ2n) is 8.55. The van der Waals surface area contributed by atoms with E-state index in [0.29, 0.717) is 6.61 Å². The highest BCUT2D eigenvalue weighted by atomic mass is 32.1. The first-order valence-corrected chi connectivity index (χ1v) is 11.8. The molecule has 0 amide bonds. The molecule has 1 aromatic carbocycles. The molecule has 0 aliphatic carbocycles. The van der Waals surface area contributed by atoms with Gasteiger partial charge in [-0.3, -0.25) is 9.69 Å². The number of rotatable bonds is 8. The first kappa shape index (κ1) is 22.0. The zero-order valence-electron chi connectivity index (χ0n) is 18.8. The van der Waals surface area contributed by atoms with E-state index in [4.69, 9.17) is 9.47 Å². The van der Waals surface area contributed by atoms with Crippen LogP contribution in [0.3, 0.4) is 0 Å². The maximum atomic E-state index is 12.6. The van der Waals surface area contributed by atoms with Crippen LogP contribution in [0.2, 0.25) is 0 Å². The highest BCUT2D eigenvalue weighted by Crippen LogP contribution is 2.31. The van der Waals surface area contributed by atoms with Gasteiger partial charge in [-0.2, -0.15) is 5.10 Å². The van der Waals surface area contributed by atoms with Crippen molar-refractivity contribution in [2.24, 2.45) is 0 Å². The molecule has 0 saturated carbocycles. The van der Waals surface area contributed by atoms with Crippen LogP contribution in [-0.2, 0) is 4.74 Å². The van der Waals surface area contributed by atoms with Crippen LogP contribution < -0.4 is 10.3 Å². The molecule has 2 aromatic heterocycles. The number of hydrogen-bond acceptors (Lipinski definition) is 6. The number of nitrogens with zero attached hydrogens (tertiary/aromatic N) is 3. The average molecular weight is 442 g/mol. The molecule has 6 nitrogen and oxygen atoms in total. The molecule has 7 heteroatoms. The predicted molar refractivity (Wildman–Crippen MR) is 126 cm³/mol. The molecule has 1 saturated heterocycles. The molecule has 1 aliphatic heterocycles. The highest BCUT2D eigenvalue weighted by molar-refractivity contribution is 7.17. The number of likely N-dealkylation sites (tertiary alicyclic amines) is 1. The van der Waals surface area contributed by atoms with E-state index in [2.05, 4.69) is 16.9 Å². The van der Waals surface area contributed by atoms with Crippen LogP contribution in [0.1, 0.15) is 46.1 Å². The van der Waals surface area contributed by atoms with Crippen LogP contribution in [0.5, 0.6) is 5.75 Å². The lowest BCUT2D eigenvalue weighted by molar-refractivity contribution is -0.0980. The predicted octanol–water partition coefficient (Wildman–Crippen LogP) is 4.93. The van der Waals surface area contributed by atoms with Gasteiger partial charge in [0, 0.05) is 25.8 Å². The molecule has 0 N–H and O–H groups in total. The first-order valence-electron chi connectivity index (χ1n) is 11.0. The van der Waals surface area contributed by atoms with E-state index in [0.717, 1.165) is 53.0 Å². The Morgan fingerprint density at radius 1 is 1.23 bits per heavy atom. The van der Waals surface area contributed by atoms with Gasteiger partial charge in [0.2, 0.25) is 0 Å². The van der Waals surface area contributed by atoms with Crippen LogP contribution in [0, 0.1) is 0 Å². The Kier molecular flexibility index (Phi) is 6.46. The van der Waals surface area contributed by atoms with Crippen LogP contribution in [0.25, 0.3) is 21.3 Å². The fourth-order valence-corrected chi connectivity index (χ4v) is 5.14. The van der Waals surface area contributed by atoms with E-state index in [9.17, 15) is 4.79 Å². The molecule has 166 valence electrons. The molecule has 1 unspecified atom stereocenters. The summed E-state index contributed by atoms with van der Waals surface area (Å²) in [5, 5.41) is 7.35.